The van der Waals surface area contributed by atoms with Gasteiger partial charge in [0.05, 0.1) is 18.6 Å². The molecule has 0 aliphatic rings. The van der Waals surface area contributed by atoms with E-state index < -0.39 is 0 Å². The van der Waals surface area contributed by atoms with Crippen molar-refractivity contribution in [3.63, 3.8) is 0 Å². The molecule has 0 aliphatic carbocycles. The quantitative estimate of drug-likeness (QED) is 0.396. The van der Waals surface area contributed by atoms with E-state index in [-0.39, 0.29) is 6.04 Å². The Hall–Kier alpha value is -0.840. The number of hydrogen-bond donors (Lipinski definition) is 2. The van der Waals surface area contributed by atoms with E-state index in [0.717, 1.165) is 18.6 Å². The molecular weight excluding hydrogens is 168 g/mol. The minimum atomic E-state index is 0.116. The third-order valence-electron chi connectivity index (χ3n) is 1.90. The zero-order valence-corrected chi connectivity index (χ0v) is 7.82. The molecule has 4 heteroatoms. The van der Waals surface area contributed by atoms with Crippen molar-refractivity contribution >= 4 is 0 Å². The second-order valence-electron chi connectivity index (χ2n) is 2.76. The lowest BCUT2D eigenvalue weighted by Gasteiger charge is -2.13. The molecule has 0 spiro atoms. The van der Waals surface area contributed by atoms with E-state index in [4.69, 9.17) is 15.0 Å². The van der Waals surface area contributed by atoms with E-state index in [0.29, 0.717) is 6.61 Å². The fourth-order valence-electron chi connectivity index (χ4n) is 1.17. The molecule has 1 atom stereocenters. The number of nitrogens with one attached hydrogen (secondary N) is 1. The first-order valence-electron chi connectivity index (χ1n) is 4.44. The van der Waals surface area contributed by atoms with Gasteiger partial charge in [0, 0.05) is 18.8 Å². The second-order valence-corrected chi connectivity index (χ2v) is 2.76. The standard InChI is InChI=1S/C9H16N2O2/c1-2-12-6-4-9(11-10)8-3-5-13-7-8/h3,5,7,9,11H,2,4,6,10H2,1H3. The fraction of sp³-hybridized carbons (Fsp3) is 0.556. The van der Waals surface area contributed by atoms with Gasteiger partial charge >= 0.3 is 0 Å². The molecule has 1 aromatic heterocycles. The monoisotopic (exact) mass is 184 g/mol. The lowest BCUT2D eigenvalue weighted by molar-refractivity contribution is 0.136. The molecule has 1 unspecified atom stereocenters. The van der Waals surface area contributed by atoms with Crippen LogP contribution in [0.1, 0.15) is 24.9 Å². The van der Waals surface area contributed by atoms with Crippen molar-refractivity contribution in [2.24, 2.45) is 5.84 Å². The lowest BCUT2D eigenvalue weighted by Crippen LogP contribution is -2.28. The van der Waals surface area contributed by atoms with E-state index >= 15 is 0 Å². The van der Waals surface area contributed by atoms with Gasteiger partial charge in [0.25, 0.3) is 0 Å². The molecule has 0 saturated heterocycles. The average molecular weight is 184 g/mol. The van der Waals surface area contributed by atoms with Crippen LogP contribution >= 0.6 is 0 Å². The topological polar surface area (TPSA) is 60.4 Å². The largest absolute Gasteiger partial charge is 0.472 e. The Morgan fingerprint density at radius 1 is 1.69 bits per heavy atom. The molecule has 0 saturated carbocycles. The van der Waals surface area contributed by atoms with Crippen LogP contribution in [0.15, 0.2) is 23.0 Å². The van der Waals surface area contributed by atoms with Crippen molar-refractivity contribution in [3.8, 4) is 0 Å². The summed E-state index contributed by atoms with van der Waals surface area (Å²) in [5.41, 5.74) is 3.78. The van der Waals surface area contributed by atoms with Crippen molar-refractivity contribution in [1.29, 1.82) is 0 Å². The van der Waals surface area contributed by atoms with Gasteiger partial charge in [-0.3, -0.25) is 11.3 Å². The molecule has 74 valence electrons. The summed E-state index contributed by atoms with van der Waals surface area (Å²) < 4.78 is 10.2. The molecule has 1 aromatic rings. The van der Waals surface area contributed by atoms with Crippen LogP contribution in [0, 0.1) is 0 Å². The van der Waals surface area contributed by atoms with Crippen LogP contribution in [0.25, 0.3) is 0 Å². The molecule has 0 radical (unpaired) electrons. The summed E-state index contributed by atoms with van der Waals surface area (Å²) in [5, 5.41) is 0. The van der Waals surface area contributed by atoms with Crippen molar-refractivity contribution in [2.45, 2.75) is 19.4 Å². The average Bonchev–Trinajstić information content (AvgIpc) is 2.65. The van der Waals surface area contributed by atoms with E-state index in [2.05, 4.69) is 5.43 Å². The Labute approximate surface area is 78.0 Å². The first kappa shape index (κ1) is 10.2. The van der Waals surface area contributed by atoms with Crippen LogP contribution in [0.5, 0.6) is 0 Å². The zero-order valence-electron chi connectivity index (χ0n) is 7.82. The van der Waals surface area contributed by atoms with Crippen LogP contribution in [0.2, 0.25) is 0 Å². The summed E-state index contributed by atoms with van der Waals surface area (Å²) in [7, 11) is 0. The van der Waals surface area contributed by atoms with Crippen molar-refractivity contribution < 1.29 is 9.15 Å². The number of ether oxygens (including phenoxy) is 1. The summed E-state index contributed by atoms with van der Waals surface area (Å²) >= 11 is 0. The number of hydrogen-bond acceptors (Lipinski definition) is 4. The zero-order chi connectivity index (χ0) is 9.52. The van der Waals surface area contributed by atoms with Crippen LogP contribution in [0.4, 0.5) is 0 Å². The normalized spacial score (nSPS) is 13.1. The highest BCUT2D eigenvalue weighted by atomic mass is 16.5. The maximum absolute atomic E-state index is 5.40. The summed E-state index contributed by atoms with van der Waals surface area (Å²) in [6, 6.07) is 2.02. The molecule has 3 N–H and O–H groups in total. The number of furan rings is 1. The van der Waals surface area contributed by atoms with Gasteiger partial charge in [0.1, 0.15) is 0 Å². The van der Waals surface area contributed by atoms with Crippen molar-refractivity contribution in [1.82, 2.24) is 5.43 Å². The predicted molar refractivity (Wildman–Crippen MR) is 49.9 cm³/mol. The maximum atomic E-state index is 5.40. The number of hydrazine groups is 1. The highest BCUT2D eigenvalue weighted by Crippen LogP contribution is 2.15. The Bertz CT molecular complexity index is 211. The van der Waals surface area contributed by atoms with Crippen molar-refractivity contribution in [2.75, 3.05) is 13.2 Å². The van der Waals surface area contributed by atoms with Crippen molar-refractivity contribution in [3.05, 3.63) is 24.2 Å². The van der Waals surface area contributed by atoms with Gasteiger partial charge in [-0.1, -0.05) is 0 Å². The first-order chi connectivity index (χ1) is 6.38. The fourth-order valence-corrected chi connectivity index (χ4v) is 1.17. The summed E-state index contributed by atoms with van der Waals surface area (Å²) in [4.78, 5) is 0. The minimum Gasteiger partial charge on any atom is -0.472 e. The molecule has 0 bridgehead atoms. The van der Waals surface area contributed by atoms with E-state index in [9.17, 15) is 0 Å². The third-order valence-corrected chi connectivity index (χ3v) is 1.90. The summed E-state index contributed by atoms with van der Waals surface area (Å²) in [6.45, 7) is 3.42. The molecule has 4 nitrogen and oxygen atoms in total. The first-order valence-corrected chi connectivity index (χ1v) is 4.44. The van der Waals surface area contributed by atoms with Gasteiger partial charge in [-0.2, -0.15) is 0 Å². The van der Waals surface area contributed by atoms with Gasteiger partial charge in [-0.15, -0.1) is 0 Å². The predicted octanol–water partition coefficient (Wildman–Crippen LogP) is 1.21. The molecule has 0 aromatic carbocycles. The Kier molecular flexibility index (Phi) is 4.53. The number of rotatable bonds is 6. The SMILES string of the molecule is CCOCCC(NN)c1ccoc1. The highest BCUT2D eigenvalue weighted by Gasteiger charge is 2.09. The Morgan fingerprint density at radius 3 is 3.08 bits per heavy atom. The van der Waals surface area contributed by atoms with Gasteiger partial charge < -0.3 is 9.15 Å². The molecule has 13 heavy (non-hydrogen) atoms. The van der Waals surface area contributed by atoms with E-state index in [1.54, 1.807) is 12.5 Å². The van der Waals surface area contributed by atoms with Crippen LogP contribution in [0.3, 0.4) is 0 Å². The summed E-state index contributed by atoms with van der Waals surface area (Å²) in [5.74, 6) is 5.40. The Morgan fingerprint density at radius 2 is 2.54 bits per heavy atom. The molecule has 0 fully saturated rings. The highest BCUT2D eigenvalue weighted by molar-refractivity contribution is 5.10. The van der Waals surface area contributed by atoms with Gasteiger partial charge in [-0.25, -0.2) is 0 Å². The summed E-state index contributed by atoms with van der Waals surface area (Å²) in [6.07, 6.45) is 4.18. The molecule has 0 amide bonds. The van der Waals surface area contributed by atoms with E-state index in [1.165, 1.54) is 0 Å². The number of nitrogens with two attached hydrogens (primary N) is 1. The van der Waals surface area contributed by atoms with Crippen LogP contribution in [-0.4, -0.2) is 13.2 Å². The molecule has 1 rings (SSSR count). The minimum absolute atomic E-state index is 0.116. The smallest absolute Gasteiger partial charge is 0.0950 e. The lowest BCUT2D eigenvalue weighted by atomic mass is 10.1. The van der Waals surface area contributed by atoms with Crippen LogP contribution < -0.4 is 11.3 Å². The van der Waals surface area contributed by atoms with Gasteiger partial charge in [-0.05, 0) is 19.4 Å². The third kappa shape index (κ3) is 3.18. The van der Waals surface area contributed by atoms with Crippen LogP contribution in [-0.2, 0) is 4.74 Å². The van der Waals surface area contributed by atoms with Gasteiger partial charge in [0.15, 0.2) is 0 Å². The molecule has 0 aliphatic heterocycles. The van der Waals surface area contributed by atoms with Gasteiger partial charge in [0.2, 0.25) is 0 Å². The maximum Gasteiger partial charge on any atom is 0.0950 e. The second kappa shape index (κ2) is 5.75. The molecular formula is C9H16N2O2. The molecule has 1 heterocycles. The Balaban J connectivity index is 2.35. The van der Waals surface area contributed by atoms with E-state index in [1.807, 2.05) is 13.0 Å².